The van der Waals surface area contributed by atoms with Gasteiger partial charge in [-0.05, 0) is 38.8 Å². The molecule has 0 aliphatic heterocycles. The summed E-state index contributed by atoms with van der Waals surface area (Å²) in [6.07, 6.45) is 8.29. The molecule has 6 N–H and O–H groups in total. The Balaban J connectivity index is 0. The number of rotatable bonds is 12. The predicted molar refractivity (Wildman–Crippen MR) is 79.6 cm³/mol. The van der Waals surface area contributed by atoms with Gasteiger partial charge in [0.25, 0.3) is 0 Å². The van der Waals surface area contributed by atoms with Gasteiger partial charge in [0.15, 0.2) is 0 Å². The third kappa shape index (κ3) is 25.6. The Morgan fingerprint density at radius 1 is 0.600 bits per heavy atom. The molecule has 0 saturated heterocycles. The van der Waals surface area contributed by atoms with Crippen LogP contribution in [0.1, 0.15) is 64.2 Å². The van der Waals surface area contributed by atoms with Crippen molar-refractivity contribution >= 4 is 11.9 Å². The van der Waals surface area contributed by atoms with Crippen molar-refractivity contribution in [3.63, 3.8) is 0 Å². The summed E-state index contributed by atoms with van der Waals surface area (Å²) in [5.41, 5.74) is 10.5. The Hall–Kier alpha value is -1.14. The number of hydrogen-bond acceptors (Lipinski definition) is 4. The number of carboxylic acid groups (broad SMARTS) is 2. The zero-order chi connectivity index (χ0) is 15.6. The summed E-state index contributed by atoms with van der Waals surface area (Å²) in [5, 5.41) is 16.5. The maximum absolute atomic E-state index is 10.0. The number of carbonyl (C=O) groups is 2. The van der Waals surface area contributed by atoms with Crippen LogP contribution in [-0.4, -0.2) is 35.2 Å². The van der Waals surface area contributed by atoms with Gasteiger partial charge in [-0.2, -0.15) is 0 Å². The van der Waals surface area contributed by atoms with Crippen LogP contribution in [0.2, 0.25) is 0 Å². The molecule has 0 aliphatic rings. The lowest BCUT2D eigenvalue weighted by Crippen LogP contribution is -1.98. The van der Waals surface area contributed by atoms with E-state index in [2.05, 4.69) is 0 Å². The minimum atomic E-state index is -0.701. The average molecular weight is 290 g/mol. The van der Waals surface area contributed by atoms with E-state index in [0.717, 1.165) is 51.4 Å². The Kier molecular flexibility index (Phi) is 18.9. The van der Waals surface area contributed by atoms with Gasteiger partial charge < -0.3 is 21.7 Å². The Morgan fingerprint density at radius 2 is 0.900 bits per heavy atom. The fourth-order valence-electron chi connectivity index (χ4n) is 1.55. The summed E-state index contributed by atoms with van der Waals surface area (Å²) >= 11 is 0. The van der Waals surface area contributed by atoms with Gasteiger partial charge in [-0.3, -0.25) is 9.59 Å². The van der Waals surface area contributed by atoms with Gasteiger partial charge >= 0.3 is 11.9 Å². The molecular formula is C14H30N2O4. The molecule has 120 valence electrons. The number of carboxylic acids is 2. The van der Waals surface area contributed by atoms with Gasteiger partial charge in [-0.25, -0.2) is 0 Å². The normalized spacial score (nSPS) is 9.70. The maximum atomic E-state index is 10.0. The first-order valence-corrected chi connectivity index (χ1v) is 7.38. The molecule has 6 heteroatoms. The molecule has 0 bridgehead atoms. The van der Waals surface area contributed by atoms with E-state index in [0.29, 0.717) is 25.9 Å². The zero-order valence-electron chi connectivity index (χ0n) is 12.4. The molecule has 0 amide bonds. The predicted octanol–water partition coefficient (Wildman–Crippen LogP) is 1.96. The summed E-state index contributed by atoms with van der Waals surface area (Å²) < 4.78 is 0. The summed E-state index contributed by atoms with van der Waals surface area (Å²) in [7, 11) is 0. The first-order valence-electron chi connectivity index (χ1n) is 7.38. The highest BCUT2D eigenvalue weighted by molar-refractivity contribution is 5.66. The second-order valence-electron chi connectivity index (χ2n) is 4.69. The van der Waals surface area contributed by atoms with Crippen molar-refractivity contribution in [1.82, 2.24) is 0 Å². The highest BCUT2D eigenvalue weighted by atomic mass is 16.4. The first-order chi connectivity index (χ1) is 9.54. The SMILES string of the molecule is NCCCCCCC(=O)O.NCCCCCCC(=O)O. The van der Waals surface area contributed by atoms with Crippen molar-refractivity contribution in [1.29, 1.82) is 0 Å². The van der Waals surface area contributed by atoms with Crippen molar-refractivity contribution in [2.75, 3.05) is 13.1 Å². The second kappa shape index (κ2) is 17.9. The molecule has 0 atom stereocenters. The summed E-state index contributed by atoms with van der Waals surface area (Å²) in [4.78, 5) is 20.0. The van der Waals surface area contributed by atoms with Crippen LogP contribution in [0.3, 0.4) is 0 Å². The first kappa shape index (κ1) is 21.2. The molecule has 0 heterocycles. The van der Waals surface area contributed by atoms with E-state index >= 15 is 0 Å². The van der Waals surface area contributed by atoms with Crippen LogP contribution in [-0.2, 0) is 9.59 Å². The monoisotopic (exact) mass is 290 g/mol. The molecule has 0 saturated carbocycles. The Labute approximate surface area is 121 Å². The van der Waals surface area contributed by atoms with Gasteiger partial charge in [0, 0.05) is 12.8 Å². The van der Waals surface area contributed by atoms with Crippen molar-refractivity contribution < 1.29 is 19.8 Å². The molecule has 0 fully saturated rings. The van der Waals surface area contributed by atoms with E-state index in [-0.39, 0.29) is 0 Å². The van der Waals surface area contributed by atoms with Crippen LogP contribution in [0.15, 0.2) is 0 Å². The molecule has 0 aliphatic carbocycles. The van der Waals surface area contributed by atoms with E-state index in [4.69, 9.17) is 21.7 Å². The van der Waals surface area contributed by atoms with E-state index < -0.39 is 11.9 Å². The van der Waals surface area contributed by atoms with E-state index in [1.54, 1.807) is 0 Å². The highest BCUT2D eigenvalue weighted by Crippen LogP contribution is 2.01. The van der Waals surface area contributed by atoms with Gasteiger partial charge in [-0.15, -0.1) is 0 Å². The fourth-order valence-corrected chi connectivity index (χ4v) is 1.55. The van der Waals surface area contributed by atoms with Crippen LogP contribution < -0.4 is 11.5 Å². The summed E-state index contributed by atoms with van der Waals surface area (Å²) in [5.74, 6) is -1.40. The van der Waals surface area contributed by atoms with Gasteiger partial charge in [0.2, 0.25) is 0 Å². The van der Waals surface area contributed by atoms with Gasteiger partial charge in [0.05, 0.1) is 0 Å². The minimum Gasteiger partial charge on any atom is -0.481 e. The molecule has 0 aromatic carbocycles. The quantitative estimate of drug-likeness (QED) is 0.407. The molecule has 0 unspecified atom stereocenters. The van der Waals surface area contributed by atoms with E-state index in [1.807, 2.05) is 0 Å². The van der Waals surface area contributed by atoms with Gasteiger partial charge in [0.1, 0.15) is 0 Å². The standard InChI is InChI=1S/2C7H15NO2/c2*8-6-4-2-1-3-5-7(9)10/h2*1-6,8H2,(H,9,10). The molecule has 0 aromatic heterocycles. The molecule has 20 heavy (non-hydrogen) atoms. The molecule has 6 nitrogen and oxygen atoms in total. The Morgan fingerprint density at radius 3 is 1.15 bits per heavy atom. The number of aliphatic carboxylic acids is 2. The van der Waals surface area contributed by atoms with Crippen molar-refractivity contribution in [3.8, 4) is 0 Å². The highest BCUT2D eigenvalue weighted by Gasteiger charge is 1.95. The van der Waals surface area contributed by atoms with E-state index in [9.17, 15) is 9.59 Å². The number of nitrogens with two attached hydrogens (primary N) is 2. The number of unbranched alkanes of at least 4 members (excludes halogenated alkanes) is 6. The van der Waals surface area contributed by atoms with Crippen LogP contribution >= 0.6 is 0 Å². The molecule has 0 radical (unpaired) electrons. The lowest BCUT2D eigenvalue weighted by molar-refractivity contribution is -0.138. The Bertz CT molecular complexity index is 211. The largest absolute Gasteiger partial charge is 0.481 e. The van der Waals surface area contributed by atoms with Crippen LogP contribution in [0, 0.1) is 0 Å². The smallest absolute Gasteiger partial charge is 0.303 e. The minimum absolute atomic E-state index is 0.296. The van der Waals surface area contributed by atoms with Crippen molar-refractivity contribution in [2.24, 2.45) is 11.5 Å². The third-order valence-corrected chi connectivity index (χ3v) is 2.69. The molecule has 0 rings (SSSR count). The van der Waals surface area contributed by atoms with Crippen molar-refractivity contribution in [2.45, 2.75) is 64.2 Å². The van der Waals surface area contributed by atoms with Crippen LogP contribution in [0.25, 0.3) is 0 Å². The lowest BCUT2D eigenvalue weighted by atomic mass is 10.1. The lowest BCUT2D eigenvalue weighted by Gasteiger charge is -1.95. The van der Waals surface area contributed by atoms with Crippen molar-refractivity contribution in [3.05, 3.63) is 0 Å². The van der Waals surface area contributed by atoms with Crippen LogP contribution in [0.4, 0.5) is 0 Å². The van der Waals surface area contributed by atoms with Crippen LogP contribution in [0.5, 0.6) is 0 Å². The third-order valence-electron chi connectivity index (χ3n) is 2.69. The molecular weight excluding hydrogens is 260 g/mol. The van der Waals surface area contributed by atoms with E-state index in [1.165, 1.54) is 0 Å². The molecule has 0 aromatic rings. The number of hydrogen-bond donors (Lipinski definition) is 4. The zero-order valence-corrected chi connectivity index (χ0v) is 12.4. The second-order valence-corrected chi connectivity index (χ2v) is 4.69. The fraction of sp³-hybridized carbons (Fsp3) is 0.857. The average Bonchev–Trinajstić information content (AvgIpc) is 2.38. The summed E-state index contributed by atoms with van der Waals surface area (Å²) in [6.45, 7) is 1.43. The summed E-state index contributed by atoms with van der Waals surface area (Å²) in [6, 6.07) is 0. The maximum Gasteiger partial charge on any atom is 0.303 e. The molecule has 0 spiro atoms. The topological polar surface area (TPSA) is 127 Å². The van der Waals surface area contributed by atoms with Gasteiger partial charge in [-0.1, -0.05) is 25.7 Å².